The normalized spacial score (nSPS) is 12.6. The third-order valence-electron chi connectivity index (χ3n) is 3.36. The van der Waals surface area contributed by atoms with Crippen LogP contribution in [0.15, 0.2) is 30.3 Å². The largest absolute Gasteiger partial charge is 0.337 e. The first-order valence-electron chi connectivity index (χ1n) is 6.71. The summed E-state index contributed by atoms with van der Waals surface area (Å²) in [6, 6.07) is 10.7. The van der Waals surface area contributed by atoms with Gasteiger partial charge in [0.05, 0.1) is 6.61 Å². The fourth-order valence-corrected chi connectivity index (χ4v) is 4.22. The highest BCUT2D eigenvalue weighted by Gasteiger charge is 2.17. The lowest BCUT2D eigenvalue weighted by atomic mass is 10.1. The van der Waals surface area contributed by atoms with E-state index in [4.69, 9.17) is 4.18 Å². The molecule has 0 fully saturated rings. The fraction of sp³-hybridized carbons (Fsp3) is 0.600. The van der Waals surface area contributed by atoms with Crippen LogP contribution in [-0.2, 0) is 10.6 Å². The van der Waals surface area contributed by atoms with Crippen LogP contribution in [0.3, 0.4) is 0 Å². The SMILES string of the molecule is CCS(CC)(CC)OCCCc1ccccc1. The minimum absolute atomic E-state index is 0.765. The van der Waals surface area contributed by atoms with Gasteiger partial charge in [0.1, 0.15) is 0 Å². The van der Waals surface area contributed by atoms with Gasteiger partial charge in [-0.25, -0.2) is 0 Å². The Kier molecular flexibility index (Phi) is 6.68. The van der Waals surface area contributed by atoms with Crippen LogP contribution in [0, 0.1) is 0 Å². The Bertz CT molecular complexity index is 285. The summed E-state index contributed by atoms with van der Waals surface area (Å²) < 4.78 is 6.18. The molecule has 17 heavy (non-hydrogen) atoms. The van der Waals surface area contributed by atoms with E-state index in [1.807, 2.05) is 0 Å². The van der Waals surface area contributed by atoms with Gasteiger partial charge in [0, 0.05) is 0 Å². The maximum Gasteiger partial charge on any atom is 0.0595 e. The van der Waals surface area contributed by atoms with E-state index in [0.29, 0.717) is 0 Å². The summed E-state index contributed by atoms with van der Waals surface area (Å²) in [7, 11) is -0.765. The molecule has 0 aromatic heterocycles. The Morgan fingerprint density at radius 1 is 0.941 bits per heavy atom. The average molecular weight is 254 g/mol. The van der Waals surface area contributed by atoms with Crippen LogP contribution in [0.1, 0.15) is 32.8 Å². The molecule has 1 nitrogen and oxygen atoms in total. The van der Waals surface area contributed by atoms with Gasteiger partial charge in [-0.3, -0.25) is 0 Å². The van der Waals surface area contributed by atoms with Crippen LogP contribution in [0.25, 0.3) is 0 Å². The van der Waals surface area contributed by atoms with E-state index in [1.54, 1.807) is 0 Å². The topological polar surface area (TPSA) is 9.23 Å². The first kappa shape index (κ1) is 14.6. The first-order valence-corrected chi connectivity index (χ1v) is 8.77. The highest BCUT2D eigenvalue weighted by Crippen LogP contribution is 2.47. The lowest BCUT2D eigenvalue weighted by Crippen LogP contribution is -2.13. The van der Waals surface area contributed by atoms with Crippen molar-refractivity contribution in [2.75, 3.05) is 23.9 Å². The summed E-state index contributed by atoms with van der Waals surface area (Å²) in [5.74, 6) is 3.60. The highest BCUT2D eigenvalue weighted by atomic mass is 32.3. The number of hydrogen-bond acceptors (Lipinski definition) is 1. The van der Waals surface area contributed by atoms with E-state index in [9.17, 15) is 0 Å². The fourth-order valence-electron chi connectivity index (χ4n) is 2.02. The second-order valence-electron chi connectivity index (χ2n) is 4.24. The lowest BCUT2D eigenvalue weighted by molar-refractivity contribution is 0.348. The number of aryl methyl sites for hydroxylation is 1. The second kappa shape index (κ2) is 7.78. The molecule has 1 aromatic carbocycles. The summed E-state index contributed by atoms with van der Waals surface area (Å²) in [6.45, 7) is 7.71. The Labute approximate surface area is 108 Å². The van der Waals surface area contributed by atoms with Gasteiger partial charge in [-0.2, -0.15) is 0 Å². The van der Waals surface area contributed by atoms with Gasteiger partial charge in [-0.15, -0.1) is 10.3 Å². The molecule has 0 radical (unpaired) electrons. The molecule has 0 heterocycles. The van der Waals surface area contributed by atoms with Crippen molar-refractivity contribution in [3.63, 3.8) is 0 Å². The van der Waals surface area contributed by atoms with Gasteiger partial charge in [0.25, 0.3) is 0 Å². The summed E-state index contributed by atoms with van der Waals surface area (Å²) in [6.07, 6.45) is 2.27. The third-order valence-corrected chi connectivity index (χ3v) is 7.19. The van der Waals surface area contributed by atoms with Gasteiger partial charge in [0.15, 0.2) is 0 Å². The van der Waals surface area contributed by atoms with Crippen molar-refractivity contribution in [3.8, 4) is 0 Å². The van der Waals surface area contributed by atoms with Crippen LogP contribution in [-0.4, -0.2) is 23.9 Å². The van der Waals surface area contributed by atoms with Crippen LogP contribution in [0.2, 0.25) is 0 Å². The number of hydrogen-bond donors (Lipinski definition) is 0. The van der Waals surface area contributed by atoms with Gasteiger partial charge in [0.2, 0.25) is 0 Å². The van der Waals surface area contributed by atoms with Gasteiger partial charge >= 0.3 is 0 Å². The molecule has 98 valence electrons. The molecular weight excluding hydrogens is 228 g/mol. The van der Waals surface area contributed by atoms with Crippen molar-refractivity contribution >= 4 is 10.3 Å². The molecule has 0 aliphatic rings. The van der Waals surface area contributed by atoms with E-state index in [1.165, 1.54) is 22.8 Å². The molecule has 1 rings (SSSR count). The maximum absolute atomic E-state index is 6.18. The van der Waals surface area contributed by atoms with Crippen LogP contribution in [0.5, 0.6) is 0 Å². The second-order valence-corrected chi connectivity index (χ2v) is 8.14. The smallest absolute Gasteiger partial charge is 0.0595 e. The van der Waals surface area contributed by atoms with E-state index >= 15 is 0 Å². The van der Waals surface area contributed by atoms with Gasteiger partial charge in [-0.1, -0.05) is 51.1 Å². The van der Waals surface area contributed by atoms with Crippen LogP contribution >= 0.6 is 10.3 Å². The maximum atomic E-state index is 6.18. The standard InChI is InChI=1S/C15H26OS/c1-4-17(5-2,6-3)16-14-10-13-15-11-8-7-9-12-15/h7-9,11-12H,4-6,10,13-14H2,1-3H3. The quantitative estimate of drug-likeness (QED) is 0.624. The zero-order valence-corrected chi connectivity index (χ0v) is 12.3. The molecule has 0 aliphatic heterocycles. The Morgan fingerprint density at radius 3 is 2.06 bits per heavy atom. The molecule has 0 unspecified atom stereocenters. The molecule has 2 heteroatoms. The van der Waals surface area contributed by atoms with Crippen molar-refractivity contribution in [1.82, 2.24) is 0 Å². The predicted octanol–water partition coefficient (Wildman–Crippen LogP) is 4.42. The van der Waals surface area contributed by atoms with Gasteiger partial charge in [-0.05, 0) is 35.7 Å². The summed E-state index contributed by atoms with van der Waals surface area (Å²) in [4.78, 5) is 0. The van der Waals surface area contributed by atoms with E-state index in [0.717, 1.165) is 19.4 Å². The van der Waals surface area contributed by atoms with Crippen molar-refractivity contribution in [3.05, 3.63) is 35.9 Å². The Morgan fingerprint density at radius 2 is 1.53 bits per heavy atom. The summed E-state index contributed by atoms with van der Waals surface area (Å²) in [5, 5.41) is 0. The molecule has 0 bridgehead atoms. The van der Waals surface area contributed by atoms with E-state index in [-0.39, 0.29) is 0 Å². The minimum Gasteiger partial charge on any atom is -0.337 e. The zero-order valence-electron chi connectivity index (χ0n) is 11.4. The first-order chi connectivity index (χ1) is 8.26. The van der Waals surface area contributed by atoms with Crippen molar-refractivity contribution in [2.45, 2.75) is 33.6 Å². The van der Waals surface area contributed by atoms with Crippen molar-refractivity contribution in [1.29, 1.82) is 0 Å². The summed E-state index contributed by atoms with van der Waals surface area (Å²) in [5.41, 5.74) is 1.42. The van der Waals surface area contributed by atoms with Crippen LogP contribution in [0.4, 0.5) is 0 Å². The Hall–Kier alpha value is -0.470. The Balaban J connectivity index is 2.28. The molecule has 0 N–H and O–H groups in total. The zero-order chi connectivity index (χ0) is 12.6. The molecule has 0 saturated carbocycles. The van der Waals surface area contributed by atoms with Crippen LogP contribution < -0.4 is 0 Å². The molecule has 0 amide bonds. The molecule has 0 aliphatic carbocycles. The third kappa shape index (κ3) is 4.72. The number of rotatable bonds is 8. The van der Waals surface area contributed by atoms with E-state index in [2.05, 4.69) is 51.1 Å². The van der Waals surface area contributed by atoms with Crippen molar-refractivity contribution in [2.24, 2.45) is 0 Å². The monoisotopic (exact) mass is 254 g/mol. The molecule has 1 aromatic rings. The molecular formula is C15H26OS. The molecule has 0 atom stereocenters. The van der Waals surface area contributed by atoms with Crippen molar-refractivity contribution < 1.29 is 4.18 Å². The minimum atomic E-state index is -0.765. The average Bonchev–Trinajstić information content (AvgIpc) is 2.41. The highest BCUT2D eigenvalue weighted by molar-refractivity contribution is 8.29. The molecule has 0 saturated heterocycles. The lowest BCUT2D eigenvalue weighted by Gasteiger charge is -2.36. The predicted molar refractivity (Wildman–Crippen MR) is 79.9 cm³/mol. The summed E-state index contributed by atoms with van der Waals surface area (Å²) >= 11 is 0. The van der Waals surface area contributed by atoms with E-state index < -0.39 is 10.3 Å². The van der Waals surface area contributed by atoms with Gasteiger partial charge < -0.3 is 4.18 Å². The number of benzene rings is 1. The molecule has 0 spiro atoms.